The monoisotopic (exact) mass is 376 g/mol. The van der Waals surface area contributed by atoms with Crippen LogP contribution in [0.5, 0.6) is 0 Å². The van der Waals surface area contributed by atoms with Crippen molar-refractivity contribution in [1.29, 1.82) is 0 Å². The van der Waals surface area contributed by atoms with Gasteiger partial charge in [0.15, 0.2) is 0 Å². The molecular weight excluding hydrogens is 360 g/mol. The summed E-state index contributed by atoms with van der Waals surface area (Å²) in [6.07, 6.45) is 1.46. The van der Waals surface area contributed by atoms with E-state index in [0.717, 1.165) is 27.5 Å². The van der Waals surface area contributed by atoms with Gasteiger partial charge in [-0.3, -0.25) is 4.79 Å². The number of nitrogens with two attached hydrogens (primary N) is 1. The third-order valence-corrected chi connectivity index (χ3v) is 4.75. The highest BCUT2D eigenvalue weighted by atomic mass is 79.9. The second kappa shape index (κ2) is 6.68. The summed E-state index contributed by atoms with van der Waals surface area (Å²) in [5, 5.41) is 2.96. The number of hydrogen-bond acceptors (Lipinski definition) is 2. The fourth-order valence-electron chi connectivity index (χ4n) is 1.82. The molecule has 0 atom stereocenters. The van der Waals surface area contributed by atoms with Gasteiger partial charge in [0.25, 0.3) is 0 Å². The molecule has 0 aromatic heterocycles. The third-order valence-electron chi connectivity index (χ3n) is 3.43. The van der Waals surface area contributed by atoms with Crippen molar-refractivity contribution in [3.8, 4) is 0 Å². The van der Waals surface area contributed by atoms with Crippen molar-refractivity contribution < 1.29 is 4.79 Å². The van der Waals surface area contributed by atoms with Gasteiger partial charge in [0.05, 0.1) is 11.1 Å². The van der Waals surface area contributed by atoms with Gasteiger partial charge in [0.2, 0.25) is 5.91 Å². The second-order valence-corrected chi connectivity index (χ2v) is 5.95. The Morgan fingerprint density at radius 1 is 1.28 bits per heavy atom. The molecule has 0 unspecified atom stereocenters. The zero-order valence-electron chi connectivity index (χ0n) is 10.6. The highest BCUT2D eigenvalue weighted by molar-refractivity contribution is 9.11. The molecule has 1 aromatic carbocycles. The molecule has 1 aromatic rings. The van der Waals surface area contributed by atoms with Crippen molar-refractivity contribution in [2.75, 3.05) is 11.9 Å². The fourth-order valence-corrected chi connectivity index (χ4v) is 3.01. The van der Waals surface area contributed by atoms with Crippen LogP contribution in [0.4, 0.5) is 5.69 Å². The minimum atomic E-state index is -0.491. The Bertz CT molecular complexity index is 402. The minimum Gasteiger partial charge on any atom is -0.329 e. The van der Waals surface area contributed by atoms with Crippen LogP contribution in [0.3, 0.4) is 0 Å². The molecule has 0 spiro atoms. The topological polar surface area (TPSA) is 55.1 Å². The maximum absolute atomic E-state index is 12.4. The molecule has 1 rings (SSSR count). The lowest BCUT2D eigenvalue weighted by atomic mass is 9.81. The predicted octanol–water partition coefficient (Wildman–Crippen LogP) is 3.92. The lowest BCUT2D eigenvalue weighted by Gasteiger charge is -2.29. The van der Waals surface area contributed by atoms with Crippen LogP contribution in [0.2, 0.25) is 0 Å². The standard InChI is InChI=1S/C13H18Br2N2O/c1-3-13(4-2,8-16)12(18)17-11-9(14)6-5-7-10(11)15/h5-7H,3-4,8,16H2,1-2H3,(H,17,18). The fraction of sp³-hybridized carbons (Fsp3) is 0.462. The van der Waals surface area contributed by atoms with E-state index in [0.29, 0.717) is 6.54 Å². The molecule has 100 valence electrons. The molecule has 0 bridgehead atoms. The number of rotatable bonds is 5. The first-order chi connectivity index (χ1) is 8.50. The number of benzene rings is 1. The molecule has 3 N–H and O–H groups in total. The zero-order valence-corrected chi connectivity index (χ0v) is 13.8. The predicted molar refractivity (Wildman–Crippen MR) is 82.5 cm³/mol. The number of amides is 1. The van der Waals surface area contributed by atoms with E-state index in [4.69, 9.17) is 5.73 Å². The Balaban J connectivity index is 3.00. The summed E-state index contributed by atoms with van der Waals surface area (Å²) in [5.74, 6) is -0.0254. The Morgan fingerprint density at radius 3 is 2.17 bits per heavy atom. The van der Waals surface area contributed by atoms with Gasteiger partial charge in [-0.25, -0.2) is 0 Å². The number of carbonyl (C=O) groups excluding carboxylic acids is 1. The number of carbonyl (C=O) groups is 1. The summed E-state index contributed by atoms with van der Waals surface area (Å²) < 4.78 is 1.70. The second-order valence-electron chi connectivity index (χ2n) is 4.24. The Kier molecular flexibility index (Phi) is 5.82. The maximum Gasteiger partial charge on any atom is 0.231 e. The molecular formula is C13H18Br2N2O. The van der Waals surface area contributed by atoms with Crippen molar-refractivity contribution in [3.05, 3.63) is 27.1 Å². The average Bonchev–Trinajstić information content (AvgIpc) is 2.37. The van der Waals surface area contributed by atoms with Crippen molar-refractivity contribution in [2.24, 2.45) is 11.1 Å². The summed E-state index contributed by atoms with van der Waals surface area (Å²) >= 11 is 6.86. The molecule has 0 fully saturated rings. The molecule has 1 amide bonds. The number of halogens is 2. The van der Waals surface area contributed by atoms with E-state index in [1.165, 1.54) is 0 Å². The van der Waals surface area contributed by atoms with E-state index in [1.807, 2.05) is 32.0 Å². The van der Waals surface area contributed by atoms with Gasteiger partial charge in [-0.2, -0.15) is 0 Å². The van der Waals surface area contributed by atoms with Crippen LogP contribution in [-0.2, 0) is 4.79 Å². The van der Waals surface area contributed by atoms with E-state index in [1.54, 1.807) is 0 Å². The average molecular weight is 378 g/mol. The number of nitrogens with one attached hydrogen (secondary N) is 1. The number of para-hydroxylation sites is 1. The highest BCUT2D eigenvalue weighted by Gasteiger charge is 2.33. The first-order valence-electron chi connectivity index (χ1n) is 5.96. The normalized spacial score (nSPS) is 11.4. The van der Waals surface area contributed by atoms with Crippen LogP contribution < -0.4 is 11.1 Å². The van der Waals surface area contributed by atoms with E-state index in [-0.39, 0.29) is 5.91 Å². The SMILES string of the molecule is CCC(CC)(CN)C(=O)Nc1c(Br)cccc1Br. The molecule has 0 aliphatic carbocycles. The molecule has 0 heterocycles. The lowest BCUT2D eigenvalue weighted by molar-refractivity contribution is -0.125. The summed E-state index contributed by atoms with van der Waals surface area (Å²) in [6, 6.07) is 5.68. The van der Waals surface area contributed by atoms with Crippen LogP contribution in [0.1, 0.15) is 26.7 Å². The maximum atomic E-state index is 12.4. The van der Waals surface area contributed by atoms with E-state index in [9.17, 15) is 4.79 Å². The smallest absolute Gasteiger partial charge is 0.231 e. The van der Waals surface area contributed by atoms with Gasteiger partial charge in [0, 0.05) is 15.5 Å². The minimum absolute atomic E-state index is 0.0254. The first kappa shape index (κ1) is 15.7. The van der Waals surface area contributed by atoms with Crippen LogP contribution in [0, 0.1) is 5.41 Å². The van der Waals surface area contributed by atoms with E-state index < -0.39 is 5.41 Å². The van der Waals surface area contributed by atoms with E-state index >= 15 is 0 Å². The lowest BCUT2D eigenvalue weighted by Crippen LogP contribution is -2.41. The summed E-state index contributed by atoms with van der Waals surface area (Å²) in [4.78, 5) is 12.4. The van der Waals surface area contributed by atoms with Gasteiger partial charge in [-0.15, -0.1) is 0 Å². The molecule has 0 aliphatic heterocycles. The highest BCUT2D eigenvalue weighted by Crippen LogP contribution is 2.33. The van der Waals surface area contributed by atoms with Crippen molar-refractivity contribution >= 4 is 43.5 Å². The first-order valence-corrected chi connectivity index (χ1v) is 7.55. The summed E-state index contributed by atoms with van der Waals surface area (Å²) in [6.45, 7) is 4.34. The molecule has 0 aliphatic rings. The van der Waals surface area contributed by atoms with Gasteiger partial charge in [0.1, 0.15) is 0 Å². The van der Waals surface area contributed by atoms with Crippen molar-refractivity contribution in [2.45, 2.75) is 26.7 Å². The van der Waals surface area contributed by atoms with Gasteiger partial charge < -0.3 is 11.1 Å². The molecule has 18 heavy (non-hydrogen) atoms. The Morgan fingerprint density at radius 2 is 1.78 bits per heavy atom. The summed E-state index contributed by atoms with van der Waals surface area (Å²) in [5.41, 5.74) is 6.04. The van der Waals surface area contributed by atoms with Crippen LogP contribution >= 0.6 is 31.9 Å². The zero-order chi connectivity index (χ0) is 13.8. The van der Waals surface area contributed by atoms with Crippen molar-refractivity contribution in [1.82, 2.24) is 0 Å². The van der Waals surface area contributed by atoms with Gasteiger partial charge in [-0.05, 0) is 56.8 Å². The van der Waals surface area contributed by atoms with Crippen molar-refractivity contribution in [3.63, 3.8) is 0 Å². The quantitative estimate of drug-likeness (QED) is 0.817. The van der Waals surface area contributed by atoms with Crippen LogP contribution in [0.25, 0.3) is 0 Å². The molecule has 0 radical (unpaired) electrons. The van der Waals surface area contributed by atoms with Gasteiger partial charge in [-0.1, -0.05) is 19.9 Å². The molecule has 5 heteroatoms. The molecule has 0 saturated heterocycles. The third kappa shape index (κ3) is 3.13. The molecule has 0 saturated carbocycles. The number of anilines is 1. The largest absolute Gasteiger partial charge is 0.329 e. The molecule has 3 nitrogen and oxygen atoms in total. The Hall–Kier alpha value is -0.390. The van der Waals surface area contributed by atoms with Gasteiger partial charge >= 0.3 is 0 Å². The van der Waals surface area contributed by atoms with E-state index in [2.05, 4.69) is 37.2 Å². The van der Waals surface area contributed by atoms with Crippen LogP contribution in [0.15, 0.2) is 27.1 Å². The summed E-state index contributed by atoms with van der Waals surface area (Å²) in [7, 11) is 0. The Labute approximate surface area is 125 Å². The number of hydrogen-bond donors (Lipinski definition) is 2. The van der Waals surface area contributed by atoms with Crippen LogP contribution in [-0.4, -0.2) is 12.5 Å².